The standard InChI is InChI=1S/C25H20N2O5/c1-15-8-6-13-20(16(15)2)26-22(17-9-4-3-5-10-17)21(24(29)25(26)30)23(28)18-11-7-12-19(14-18)27(31)32/h3-14,22,28H,1-2H3/b23-21+. The van der Waals surface area contributed by atoms with Gasteiger partial charge in [0.2, 0.25) is 0 Å². The van der Waals surface area contributed by atoms with Gasteiger partial charge in [-0.2, -0.15) is 0 Å². The van der Waals surface area contributed by atoms with Crippen LogP contribution in [0.4, 0.5) is 11.4 Å². The third-order valence-corrected chi connectivity index (χ3v) is 5.73. The van der Waals surface area contributed by atoms with E-state index in [2.05, 4.69) is 0 Å². The summed E-state index contributed by atoms with van der Waals surface area (Å²) in [6, 6.07) is 18.9. The van der Waals surface area contributed by atoms with Crippen molar-refractivity contribution >= 4 is 28.8 Å². The Morgan fingerprint density at radius 1 is 0.969 bits per heavy atom. The Labute approximate surface area is 184 Å². The molecule has 1 aliphatic rings. The lowest BCUT2D eigenvalue weighted by molar-refractivity contribution is -0.384. The Kier molecular flexibility index (Phi) is 5.32. The van der Waals surface area contributed by atoms with Crippen molar-refractivity contribution in [2.45, 2.75) is 19.9 Å². The third-order valence-electron chi connectivity index (χ3n) is 5.73. The average molecular weight is 428 g/mol. The minimum Gasteiger partial charge on any atom is -0.507 e. The number of ketones is 1. The summed E-state index contributed by atoms with van der Waals surface area (Å²) in [5.74, 6) is -2.06. The first-order valence-corrected chi connectivity index (χ1v) is 9.98. The van der Waals surface area contributed by atoms with Crippen LogP contribution in [-0.4, -0.2) is 21.7 Å². The third kappa shape index (κ3) is 3.43. The van der Waals surface area contributed by atoms with Gasteiger partial charge in [0.15, 0.2) is 0 Å². The molecule has 0 saturated carbocycles. The highest BCUT2D eigenvalue weighted by Gasteiger charge is 2.47. The van der Waals surface area contributed by atoms with Crippen molar-refractivity contribution in [3.8, 4) is 0 Å². The predicted molar refractivity (Wildman–Crippen MR) is 120 cm³/mol. The van der Waals surface area contributed by atoms with Crippen LogP contribution in [0.3, 0.4) is 0 Å². The first kappa shape index (κ1) is 21.0. The van der Waals surface area contributed by atoms with Crippen LogP contribution >= 0.6 is 0 Å². The summed E-state index contributed by atoms with van der Waals surface area (Å²) < 4.78 is 0. The van der Waals surface area contributed by atoms with Crippen LogP contribution in [0.5, 0.6) is 0 Å². The zero-order valence-electron chi connectivity index (χ0n) is 17.5. The Balaban J connectivity index is 1.98. The van der Waals surface area contributed by atoms with Crippen LogP contribution in [0.1, 0.15) is 28.3 Å². The fourth-order valence-electron chi connectivity index (χ4n) is 3.95. The van der Waals surface area contributed by atoms with Crippen molar-refractivity contribution in [3.05, 3.63) is 111 Å². The number of carbonyl (C=O) groups is 2. The Morgan fingerprint density at radius 2 is 1.66 bits per heavy atom. The molecule has 160 valence electrons. The van der Waals surface area contributed by atoms with Gasteiger partial charge in [-0.3, -0.25) is 24.6 Å². The van der Waals surface area contributed by atoms with E-state index in [1.165, 1.54) is 29.2 Å². The van der Waals surface area contributed by atoms with Crippen molar-refractivity contribution in [2.24, 2.45) is 0 Å². The van der Waals surface area contributed by atoms with Gasteiger partial charge in [0.05, 0.1) is 16.5 Å². The predicted octanol–water partition coefficient (Wildman–Crippen LogP) is 4.84. The average Bonchev–Trinajstić information content (AvgIpc) is 3.06. The number of nitro groups is 1. The van der Waals surface area contributed by atoms with E-state index in [9.17, 15) is 24.8 Å². The number of hydrogen-bond donors (Lipinski definition) is 1. The molecule has 0 spiro atoms. The quantitative estimate of drug-likeness (QED) is 0.211. The van der Waals surface area contributed by atoms with E-state index in [0.29, 0.717) is 11.3 Å². The maximum absolute atomic E-state index is 13.2. The topological polar surface area (TPSA) is 101 Å². The lowest BCUT2D eigenvalue weighted by atomic mass is 9.94. The highest BCUT2D eigenvalue weighted by Crippen LogP contribution is 2.43. The molecule has 0 aliphatic carbocycles. The minimum atomic E-state index is -0.879. The molecule has 0 radical (unpaired) electrons. The lowest BCUT2D eigenvalue weighted by Gasteiger charge is -2.27. The number of anilines is 1. The second kappa shape index (κ2) is 8.11. The highest BCUT2D eigenvalue weighted by atomic mass is 16.6. The number of rotatable bonds is 4. The number of benzene rings is 3. The SMILES string of the molecule is Cc1cccc(N2C(=O)C(=O)/C(=C(/O)c3cccc([N+](=O)[O-])c3)C2c2ccccc2)c1C. The zero-order valence-corrected chi connectivity index (χ0v) is 17.5. The molecule has 32 heavy (non-hydrogen) atoms. The van der Waals surface area contributed by atoms with Crippen molar-refractivity contribution in [3.63, 3.8) is 0 Å². The zero-order chi connectivity index (χ0) is 23.0. The molecule has 3 aromatic rings. The monoisotopic (exact) mass is 428 g/mol. The number of aliphatic hydroxyl groups is 1. The Bertz CT molecular complexity index is 1280. The summed E-state index contributed by atoms with van der Waals surface area (Å²) in [7, 11) is 0. The maximum atomic E-state index is 13.2. The summed E-state index contributed by atoms with van der Waals surface area (Å²) in [5, 5.41) is 22.3. The molecule has 1 fully saturated rings. The number of nitrogens with zero attached hydrogens (tertiary/aromatic N) is 2. The molecule has 3 aromatic carbocycles. The molecule has 1 aliphatic heterocycles. The summed E-state index contributed by atoms with van der Waals surface area (Å²) in [6.45, 7) is 3.78. The van der Waals surface area contributed by atoms with Crippen LogP contribution in [0.2, 0.25) is 0 Å². The molecule has 1 unspecified atom stereocenters. The van der Waals surface area contributed by atoms with Gasteiger partial charge in [-0.25, -0.2) is 0 Å². The van der Waals surface area contributed by atoms with E-state index >= 15 is 0 Å². The number of amides is 1. The number of aryl methyl sites for hydroxylation is 1. The molecule has 4 rings (SSSR count). The van der Waals surface area contributed by atoms with Crippen LogP contribution in [-0.2, 0) is 9.59 Å². The van der Waals surface area contributed by atoms with Crippen molar-refractivity contribution < 1.29 is 19.6 Å². The van der Waals surface area contributed by atoms with Crippen LogP contribution in [0.25, 0.3) is 5.76 Å². The molecule has 1 amide bonds. The summed E-state index contributed by atoms with van der Waals surface area (Å²) in [6.07, 6.45) is 0. The number of Topliss-reactive ketones (excluding diaryl/α,β-unsaturated/α-hetero) is 1. The molecule has 1 atom stereocenters. The highest BCUT2D eigenvalue weighted by molar-refractivity contribution is 6.51. The molecule has 7 nitrogen and oxygen atoms in total. The first-order chi connectivity index (χ1) is 15.3. The van der Waals surface area contributed by atoms with Gasteiger partial charge in [0.25, 0.3) is 17.4 Å². The second-order valence-electron chi connectivity index (χ2n) is 7.61. The molecule has 7 heteroatoms. The van der Waals surface area contributed by atoms with Crippen molar-refractivity contribution in [1.82, 2.24) is 0 Å². The second-order valence-corrected chi connectivity index (χ2v) is 7.61. The molecular weight excluding hydrogens is 408 g/mol. The largest absolute Gasteiger partial charge is 0.507 e. The molecule has 1 heterocycles. The summed E-state index contributed by atoms with van der Waals surface area (Å²) in [5.41, 5.74) is 2.76. The van der Waals surface area contributed by atoms with Gasteiger partial charge in [0.1, 0.15) is 5.76 Å². The van der Waals surface area contributed by atoms with Crippen LogP contribution in [0, 0.1) is 24.0 Å². The number of non-ortho nitro benzene ring substituents is 1. The smallest absolute Gasteiger partial charge is 0.300 e. The van der Waals surface area contributed by atoms with Crippen molar-refractivity contribution in [1.29, 1.82) is 0 Å². The van der Waals surface area contributed by atoms with Crippen LogP contribution in [0.15, 0.2) is 78.4 Å². The Hall–Kier alpha value is -4.26. The van der Waals surface area contributed by atoms with Crippen molar-refractivity contribution in [2.75, 3.05) is 4.90 Å². The number of aliphatic hydroxyl groups excluding tert-OH is 1. The van der Waals surface area contributed by atoms with Gasteiger partial charge >= 0.3 is 0 Å². The summed E-state index contributed by atoms with van der Waals surface area (Å²) >= 11 is 0. The van der Waals surface area contributed by atoms with E-state index < -0.39 is 28.4 Å². The first-order valence-electron chi connectivity index (χ1n) is 9.98. The molecule has 1 N–H and O–H groups in total. The summed E-state index contributed by atoms with van der Waals surface area (Å²) in [4.78, 5) is 38.3. The number of carbonyl (C=O) groups excluding carboxylic acids is 2. The van der Waals surface area contributed by atoms with Gasteiger partial charge in [-0.15, -0.1) is 0 Å². The van der Waals surface area contributed by atoms with E-state index in [0.717, 1.165) is 11.1 Å². The molecule has 0 bridgehead atoms. The maximum Gasteiger partial charge on any atom is 0.300 e. The van der Waals surface area contributed by atoms with E-state index in [4.69, 9.17) is 0 Å². The van der Waals surface area contributed by atoms with Gasteiger partial charge in [-0.05, 0) is 36.6 Å². The lowest BCUT2D eigenvalue weighted by Crippen LogP contribution is -2.30. The molecule has 1 saturated heterocycles. The Morgan fingerprint density at radius 3 is 2.34 bits per heavy atom. The minimum absolute atomic E-state index is 0.0964. The van der Waals surface area contributed by atoms with Crippen LogP contribution < -0.4 is 4.90 Å². The van der Waals surface area contributed by atoms with E-state index in [1.54, 1.807) is 36.4 Å². The fourth-order valence-corrected chi connectivity index (χ4v) is 3.95. The number of nitro benzene ring substituents is 1. The van der Waals surface area contributed by atoms with E-state index in [-0.39, 0.29) is 16.8 Å². The molecule has 0 aromatic heterocycles. The molecular formula is C25H20N2O5. The van der Waals surface area contributed by atoms with E-state index in [1.807, 2.05) is 26.0 Å². The fraction of sp³-hybridized carbons (Fsp3) is 0.120. The van der Waals surface area contributed by atoms with Gasteiger partial charge in [-0.1, -0.05) is 54.6 Å². The van der Waals surface area contributed by atoms with Gasteiger partial charge < -0.3 is 5.11 Å². The number of hydrogen-bond acceptors (Lipinski definition) is 5. The van der Waals surface area contributed by atoms with Gasteiger partial charge in [0, 0.05) is 23.4 Å². The normalized spacial score (nSPS) is 17.6.